The van der Waals surface area contributed by atoms with Crippen molar-refractivity contribution >= 4 is 34.5 Å². The van der Waals surface area contributed by atoms with E-state index in [0.29, 0.717) is 3.57 Å². The van der Waals surface area contributed by atoms with Crippen molar-refractivity contribution in [3.05, 3.63) is 32.9 Å². The number of halogens is 1. The smallest absolute Gasteiger partial charge is 0.336 e. The summed E-state index contributed by atoms with van der Waals surface area (Å²) in [6, 6.07) is 3.98. The van der Waals surface area contributed by atoms with Crippen molar-refractivity contribution < 1.29 is 19.8 Å². The molecule has 4 nitrogen and oxygen atoms in total. The highest BCUT2D eigenvalue weighted by atomic mass is 127. The zero-order chi connectivity index (χ0) is 10.0. The molecule has 13 heavy (non-hydrogen) atoms. The van der Waals surface area contributed by atoms with Gasteiger partial charge in [0.15, 0.2) is 0 Å². The van der Waals surface area contributed by atoms with E-state index in [1.807, 2.05) is 22.6 Å². The van der Waals surface area contributed by atoms with Gasteiger partial charge in [0, 0.05) is 3.57 Å². The second kappa shape index (κ2) is 3.73. The minimum atomic E-state index is -1.13. The second-order valence-electron chi connectivity index (χ2n) is 2.30. The van der Waals surface area contributed by atoms with E-state index in [2.05, 4.69) is 0 Å². The maximum absolute atomic E-state index is 10.6. The lowest BCUT2D eigenvalue weighted by molar-refractivity contribution is 0.0695. The van der Waals surface area contributed by atoms with Gasteiger partial charge in [-0.1, -0.05) is 0 Å². The molecule has 0 spiro atoms. The summed E-state index contributed by atoms with van der Waals surface area (Å²) < 4.78 is 0.523. The van der Waals surface area contributed by atoms with Crippen LogP contribution < -0.4 is 0 Å². The van der Waals surface area contributed by atoms with Crippen LogP contribution in [0, 0.1) is 3.57 Å². The molecule has 0 aromatic heterocycles. The Balaban J connectivity index is 3.27. The number of rotatable bonds is 2. The summed E-state index contributed by atoms with van der Waals surface area (Å²) in [6.45, 7) is 0. The van der Waals surface area contributed by atoms with Crippen molar-refractivity contribution in [3.8, 4) is 0 Å². The largest absolute Gasteiger partial charge is 0.478 e. The third-order valence-corrected chi connectivity index (χ3v) is 2.38. The van der Waals surface area contributed by atoms with Gasteiger partial charge in [0.05, 0.1) is 11.1 Å². The molecule has 1 rings (SSSR count). The van der Waals surface area contributed by atoms with E-state index < -0.39 is 11.9 Å². The molecule has 2 N–H and O–H groups in total. The summed E-state index contributed by atoms with van der Waals surface area (Å²) in [5.74, 6) is -2.24. The van der Waals surface area contributed by atoms with E-state index in [9.17, 15) is 9.59 Å². The van der Waals surface area contributed by atoms with Gasteiger partial charge in [-0.05, 0) is 40.8 Å². The molecule has 0 radical (unpaired) electrons. The van der Waals surface area contributed by atoms with Crippen molar-refractivity contribution in [2.45, 2.75) is 0 Å². The Kier molecular flexibility index (Phi) is 2.86. The van der Waals surface area contributed by atoms with Crippen LogP contribution in [0.3, 0.4) is 0 Å². The molecule has 0 bridgehead atoms. The van der Waals surface area contributed by atoms with Crippen molar-refractivity contribution in [3.63, 3.8) is 0 Å². The predicted molar refractivity (Wildman–Crippen MR) is 53.1 cm³/mol. The summed E-state index contributed by atoms with van der Waals surface area (Å²) >= 11 is 1.84. The lowest BCUT2D eigenvalue weighted by atomic mass is 10.1. The number of hydrogen-bond acceptors (Lipinski definition) is 2. The zero-order valence-corrected chi connectivity index (χ0v) is 8.48. The molecule has 1 aromatic carbocycles. The number of carbonyl (C=O) groups is 2. The quantitative estimate of drug-likeness (QED) is 0.813. The predicted octanol–water partition coefficient (Wildman–Crippen LogP) is 1.69. The van der Waals surface area contributed by atoms with Crippen molar-refractivity contribution in [1.82, 2.24) is 0 Å². The van der Waals surface area contributed by atoms with E-state index in [1.165, 1.54) is 12.1 Å². The molecule has 0 aliphatic rings. The molecule has 1 aromatic rings. The van der Waals surface area contributed by atoms with E-state index in [4.69, 9.17) is 10.2 Å². The van der Waals surface area contributed by atoms with Crippen LogP contribution in [-0.4, -0.2) is 22.2 Å². The van der Waals surface area contributed by atoms with Gasteiger partial charge in [-0.3, -0.25) is 0 Å². The molecule has 0 aliphatic heterocycles. The molecule has 0 saturated heterocycles. The van der Waals surface area contributed by atoms with Crippen LogP contribution >= 0.6 is 22.6 Å². The van der Waals surface area contributed by atoms with E-state index >= 15 is 0 Å². The fourth-order valence-corrected chi connectivity index (χ4v) is 1.39. The molecular formula is C8H5IO4. The molecule has 5 heteroatoms. The van der Waals surface area contributed by atoms with Gasteiger partial charge in [-0.15, -0.1) is 0 Å². The van der Waals surface area contributed by atoms with Gasteiger partial charge < -0.3 is 10.2 Å². The van der Waals surface area contributed by atoms with Gasteiger partial charge in [0.25, 0.3) is 0 Å². The van der Waals surface area contributed by atoms with Crippen LogP contribution in [0.5, 0.6) is 0 Å². The monoisotopic (exact) mass is 292 g/mol. The molecule has 0 saturated carbocycles. The normalized spacial score (nSPS) is 9.62. The van der Waals surface area contributed by atoms with Gasteiger partial charge >= 0.3 is 11.9 Å². The molecule has 0 aliphatic carbocycles. The molecule has 68 valence electrons. The van der Waals surface area contributed by atoms with Gasteiger partial charge in [0.1, 0.15) is 0 Å². The summed E-state index contributed by atoms with van der Waals surface area (Å²) in [5.41, 5.74) is -0.00156. The van der Waals surface area contributed by atoms with Gasteiger partial charge in [-0.2, -0.15) is 0 Å². The summed E-state index contributed by atoms with van der Waals surface area (Å²) in [4.78, 5) is 21.1. The Labute approximate surface area is 87.3 Å². The third-order valence-electron chi connectivity index (χ3n) is 1.44. The highest BCUT2D eigenvalue weighted by Gasteiger charge is 2.11. The minimum Gasteiger partial charge on any atom is -0.478 e. The summed E-state index contributed by atoms with van der Waals surface area (Å²) in [5, 5.41) is 17.3. The lowest BCUT2D eigenvalue weighted by Crippen LogP contribution is -2.04. The van der Waals surface area contributed by atoms with Crippen LogP contribution in [0.2, 0.25) is 0 Å². The average molecular weight is 292 g/mol. The fourth-order valence-electron chi connectivity index (χ4n) is 0.822. The molecule has 0 heterocycles. The fraction of sp³-hybridized carbons (Fsp3) is 0. The average Bonchev–Trinajstić information content (AvgIpc) is 2.04. The topological polar surface area (TPSA) is 74.6 Å². The zero-order valence-electron chi connectivity index (χ0n) is 6.32. The Bertz CT molecular complexity index is 372. The number of hydrogen-bond donors (Lipinski definition) is 2. The van der Waals surface area contributed by atoms with Crippen LogP contribution in [0.25, 0.3) is 0 Å². The Morgan fingerprint density at radius 3 is 2.23 bits per heavy atom. The number of benzene rings is 1. The lowest BCUT2D eigenvalue weighted by Gasteiger charge is -1.99. The SMILES string of the molecule is O=C(O)c1ccc(I)c(C(=O)O)c1. The summed E-state index contributed by atoms with van der Waals surface area (Å²) in [6.07, 6.45) is 0. The first-order valence-corrected chi connectivity index (χ1v) is 4.36. The van der Waals surface area contributed by atoms with E-state index in [-0.39, 0.29) is 11.1 Å². The first-order chi connectivity index (χ1) is 6.02. The molecule has 0 atom stereocenters. The van der Waals surface area contributed by atoms with Crippen LogP contribution in [0.1, 0.15) is 20.7 Å². The first-order valence-electron chi connectivity index (χ1n) is 3.28. The third kappa shape index (κ3) is 2.18. The summed E-state index contributed by atoms with van der Waals surface area (Å²) in [7, 11) is 0. The van der Waals surface area contributed by atoms with Crippen LogP contribution in [0.4, 0.5) is 0 Å². The van der Waals surface area contributed by atoms with Gasteiger partial charge in [-0.25, -0.2) is 9.59 Å². The van der Waals surface area contributed by atoms with Crippen LogP contribution in [0.15, 0.2) is 18.2 Å². The second-order valence-corrected chi connectivity index (χ2v) is 3.47. The highest BCUT2D eigenvalue weighted by Crippen LogP contribution is 2.14. The standard InChI is InChI=1S/C8H5IO4/c9-6-2-1-4(7(10)11)3-5(6)8(12)13/h1-3H,(H,10,11)(H,12,13). The van der Waals surface area contributed by atoms with Gasteiger partial charge in [0.2, 0.25) is 0 Å². The molecule has 0 unspecified atom stereocenters. The number of carboxylic acid groups (broad SMARTS) is 2. The maximum atomic E-state index is 10.6. The Morgan fingerprint density at radius 2 is 1.77 bits per heavy atom. The number of carboxylic acids is 2. The highest BCUT2D eigenvalue weighted by molar-refractivity contribution is 14.1. The number of aromatic carboxylic acids is 2. The van der Waals surface area contributed by atoms with E-state index in [1.54, 1.807) is 0 Å². The molecular weight excluding hydrogens is 287 g/mol. The van der Waals surface area contributed by atoms with Crippen LogP contribution in [-0.2, 0) is 0 Å². The Morgan fingerprint density at radius 1 is 1.15 bits per heavy atom. The molecule has 0 fully saturated rings. The minimum absolute atomic E-state index is 0.0144. The van der Waals surface area contributed by atoms with Crippen molar-refractivity contribution in [2.24, 2.45) is 0 Å². The maximum Gasteiger partial charge on any atom is 0.336 e. The van der Waals surface area contributed by atoms with Crippen molar-refractivity contribution in [2.75, 3.05) is 0 Å². The molecule has 0 amide bonds. The Hall–Kier alpha value is -1.11. The van der Waals surface area contributed by atoms with Crippen molar-refractivity contribution in [1.29, 1.82) is 0 Å². The first kappa shape index (κ1) is 9.97. The van der Waals surface area contributed by atoms with E-state index in [0.717, 1.165) is 6.07 Å².